The topological polar surface area (TPSA) is 93.4 Å². The Morgan fingerprint density at radius 2 is 1.91 bits per heavy atom. The molecule has 22 heavy (non-hydrogen) atoms. The Morgan fingerprint density at radius 3 is 2.50 bits per heavy atom. The summed E-state index contributed by atoms with van der Waals surface area (Å²) < 4.78 is 10.2. The van der Waals surface area contributed by atoms with Crippen LogP contribution in [0.5, 0.6) is 0 Å². The molecule has 2 aromatic rings. The molecule has 8 heteroatoms. The van der Waals surface area contributed by atoms with E-state index >= 15 is 0 Å². The summed E-state index contributed by atoms with van der Waals surface area (Å²) in [4.78, 5) is 23.1. The number of ether oxygens (including phenoxy) is 1. The van der Waals surface area contributed by atoms with Crippen molar-refractivity contribution in [1.29, 1.82) is 0 Å². The molecule has 1 fully saturated rings. The molecule has 0 saturated carbocycles. The van der Waals surface area contributed by atoms with Gasteiger partial charge in [0.05, 0.1) is 36.5 Å². The number of nitrogens with one attached hydrogen (secondary N) is 1. The molecular formula is C14H17N5O3. The predicted octanol–water partition coefficient (Wildman–Crippen LogP) is 1.17. The van der Waals surface area contributed by atoms with E-state index in [2.05, 4.69) is 25.3 Å². The van der Waals surface area contributed by atoms with Crippen molar-refractivity contribution in [3.63, 3.8) is 0 Å². The largest absolute Gasteiger partial charge is 0.378 e. The maximum atomic E-state index is 12.0. The summed E-state index contributed by atoms with van der Waals surface area (Å²) in [5.41, 5.74) is 2.02. The number of aryl methyl sites for hydroxylation is 2. The highest BCUT2D eigenvalue weighted by molar-refractivity contribution is 6.02. The number of anilines is 2. The molecule has 0 aliphatic carbocycles. The van der Waals surface area contributed by atoms with E-state index in [0.29, 0.717) is 36.2 Å². The highest BCUT2D eigenvalue weighted by Gasteiger charge is 2.19. The van der Waals surface area contributed by atoms with Gasteiger partial charge in [0.15, 0.2) is 0 Å². The number of carbonyl (C=O) groups excluding carboxylic acids is 1. The minimum Gasteiger partial charge on any atom is -0.378 e. The molecule has 0 aromatic carbocycles. The van der Waals surface area contributed by atoms with Crippen molar-refractivity contribution in [2.75, 3.05) is 36.5 Å². The smallest absolute Gasteiger partial charge is 0.294 e. The number of rotatable bonds is 3. The van der Waals surface area contributed by atoms with Crippen molar-refractivity contribution in [3.8, 4) is 0 Å². The van der Waals surface area contributed by atoms with Crippen molar-refractivity contribution in [2.24, 2.45) is 0 Å². The molecule has 3 heterocycles. The molecule has 1 amide bonds. The molecule has 116 valence electrons. The summed E-state index contributed by atoms with van der Waals surface area (Å²) in [5, 5.41) is 6.29. The summed E-state index contributed by atoms with van der Waals surface area (Å²) in [6.45, 7) is 6.56. The first-order chi connectivity index (χ1) is 10.6. The Labute approximate surface area is 127 Å². The van der Waals surface area contributed by atoms with Crippen LogP contribution in [0.1, 0.15) is 21.9 Å². The molecule has 3 rings (SSSR count). The zero-order chi connectivity index (χ0) is 15.5. The van der Waals surface area contributed by atoms with Crippen LogP contribution in [0.3, 0.4) is 0 Å². The van der Waals surface area contributed by atoms with Gasteiger partial charge in [-0.25, -0.2) is 9.97 Å². The SMILES string of the molecule is Cc1nc(N2CCOCC2)nc(C)c1NC(=O)c1ccno1. The van der Waals surface area contributed by atoms with Crippen molar-refractivity contribution in [2.45, 2.75) is 13.8 Å². The van der Waals surface area contributed by atoms with Gasteiger partial charge in [-0.2, -0.15) is 0 Å². The lowest BCUT2D eigenvalue weighted by molar-refractivity contribution is 0.0987. The Morgan fingerprint density at radius 1 is 1.23 bits per heavy atom. The van der Waals surface area contributed by atoms with Gasteiger partial charge in [0, 0.05) is 19.2 Å². The van der Waals surface area contributed by atoms with Crippen LogP contribution >= 0.6 is 0 Å². The van der Waals surface area contributed by atoms with Crippen molar-refractivity contribution in [1.82, 2.24) is 15.1 Å². The van der Waals surface area contributed by atoms with E-state index in [4.69, 9.17) is 9.26 Å². The van der Waals surface area contributed by atoms with Crippen LogP contribution in [0.25, 0.3) is 0 Å². The lowest BCUT2D eigenvalue weighted by atomic mass is 10.2. The van der Waals surface area contributed by atoms with Crippen LogP contribution in [0.4, 0.5) is 11.6 Å². The lowest BCUT2D eigenvalue weighted by Crippen LogP contribution is -2.37. The Bertz CT molecular complexity index is 642. The molecule has 1 aliphatic rings. The fourth-order valence-corrected chi connectivity index (χ4v) is 2.29. The highest BCUT2D eigenvalue weighted by atomic mass is 16.5. The minimum atomic E-state index is -0.369. The Hall–Kier alpha value is -2.48. The molecular weight excluding hydrogens is 286 g/mol. The summed E-state index contributed by atoms with van der Waals surface area (Å²) in [5.74, 6) is 0.443. The van der Waals surface area contributed by atoms with Gasteiger partial charge in [-0.3, -0.25) is 4.79 Å². The zero-order valence-electron chi connectivity index (χ0n) is 12.5. The third-order valence-corrected chi connectivity index (χ3v) is 3.45. The maximum absolute atomic E-state index is 12.0. The van der Waals surface area contributed by atoms with Crippen LogP contribution in [-0.2, 0) is 4.74 Å². The molecule has 0 unspecified atom stereocenters. The standard InChI is InChI=1S/C14H17N5O3/c1-9-12(18-13(20)11-3-4-15-22-11)10(2)17-14(16-9)19-5-7-21-8-6-19/h3-4H,5-8H2,1-2H3,(H,18,20). The minimum absolute atomic E-state index is 0.149. The summed E-state index contributed by atoms with van der Waals surface area (Å²) in [6, 6.07) is 1.50. The monoisotopic (exact) mass is 303 g/mol. The van der Waals surface area contributed by atoms with E-state index in [9.17, 15) is 4.79 Å². The van der Waals surface area contributed by atoms with Gasteiger partial charge in [-0.05, 0) is 13.8 Å². The molecule has 8 nitrogen and oxygen atoms in total. The fourth-order valence-electron chi connectivity index (χ4n) is 2.29. The molecule has 0 spiro atoms. The van der Waals surface area contributed by atoms with Crippen molar-refractivity contribution >= 4 is 17.5 Å². The normalized spacial score (nSPS) is 14.9. The Balaban J connectivity index is 1.82. The average molecular weight is 303 g/mol. The summed E-state index contributed by atoms with van der Waals surface area (Å²) >= 11 is 0. The molecule has 0 radical (unpaired) electrons. The van der Waals surface area contributed by atoms with E-state index in [1.54, 1.807) is 0 Å². The third-order valence-electron chi connectivity index (χ3n) is 3.45. The second-order valence-electron chi connectivity index (χ2n) is 5.00. The molecule has 1 N–H and O–H groups in total. The third kappa shape index (κ3) is 2.91. The number of carbonyl (C=O) groups is 1. The van der Waals surface area contributed by atoms with E-state index in [1.165, 1.54) is 12.3 Å². The van der Waals surface area contributed by atoms with Gasteiger partial charge in [0.25, 0.3) is 5.91 Å². The lowest BCUT2D eigenvalue weighted by Gasteiger charge is -2.27. The first kappa shape index (κ1) is 14.5. The number of aromatic nitrogens is 3. The molecule has 0 bridgehead atoms. The summed E-state index contributed by atoms with van der Waals surface area (Å²) in [6.07, 6.45) is 1.42. The van der Waals surface area contributed by atoms with Crippen LogP contribution in [-0.4, -0.2) is 47.3 Å². The second kappa shape index (κ2) is 6.10. The van der Waals surface area contributed by atoms with Crippen molar-refractivity contribution in [3.05, 3.63) is 29.4 Å². The fraction of sp³-hybridized carbons (Fsp3) is 0.429. The van der Waals surface area contributed by atoms with Crippen LogP contribution in [0.15, 0.2) is 16.8 Å². The van der Waals surface area contributed by atoms with Gasteiger partial charge < -0.3 is 19.5 Å². The molecule has 1 aliphatic heterocycles. The van der Waals surface area contributed by atoms with Crippen LogP contribution in [0, 0.1) is 13.8 Å². The van der Waals surface area contributed by atoms with E-state index in [0.717, 1.165) is 13.1 Å². The van der Waals surface area contributed by atoms with Gasteiger partial charge in [0.2, 0.25) is 11.7 Å². The van der Waals surface area contributed by atoms with Gasteiger partial charge in [0.1, 0.15) is 0 Å². The highest BCUT2D eigenvalue weighted by Crippen LogP contribution is 2.21. The van der Waals surface area contributed by atoms with E-state index < -0.39 is 0 Å². The first-order valence-electron chi connectivity index (χ1n) is 7.05. The maximum Gasteiger partial charge on any atom is 0.294 e. The zero-order valence-corrected chi connectivity index (χ0v) is 12.5. The van der Waals surface area contributed by atoms with Gasteiger partial charge >= 0.3 is 0 Å². The predicted molar refractivity (Wildman–Crippen MR) is 79.0 cm³/mol. The van der Waals surface area contributed by atoms with E-state index in [1.807, 2.05) is 13.8 Å². The van der Waals surface area contributed by atoms with Crippen LogP contribution < -0.4 is 10.2 Å². The number of hydrogen-bond acceptors (Lipinski definition) is 7. The quantitative estimate of drug-likeness (QED) is 0.909. The molecule has 0 atom stereocenters. The van der Waals surface area contributed by atoms with E-state index in [-0.39, 0.29) is 11.7 Å². The number of amides is 1. The molecule has 1 saturated heterocycles. The summed E-state index contributed by atoms with van der Waals surface area (Å²) in [7, 11) is 0. The average Bonchev–Trinajstić information content (AvgIpc) is 3.06. The first-order valence-corrected chi connectivity index (χ1v) is 7.05. The number of hydrogen-bond donors (Lipinski definition) is 1. The van der Waals surface area contributed by atoms with Gasteiger partial charge in [-0.1, -0.05) is 5.16 Å². The van der Waals surface area contributed by atoms with Crippen LogP contribution in [0.2, 0.25) is 0 Å². The van der Waals surface area contributed by atoms with Gasteiger partial charge in [-0.15, -0.1) is 0 Å². The second-order valence-corrected chi connectivity index (χ2v) is 5.00. The molecule has 2 aromatic heterocycles. The Kier molecular flexibility index (Phi) is 4.01. The number of morpholine rings is 1. The number of nitrogens with zero attached hydrogens (tertiary/aromatic N) is 4. The van der Waals surface area contributed by atoms with Crippen molar-refractivity contribution < 1.29 is 14.1 Å².